The molecule has 3 heteroatoms. The Morgan fingerprint density at radius 3 is 2.67 bits per heavy atom. The molecule has 1 atom stereocenters. The van der Waals surface area contributed by atoms with Gasteiger partial charge in [-0.25, -0.2) is 0 Å². The molecule has 1 unspecified atom stereocenters. The molecule has 0 aliphatic carbocycles. The third kappa shape index (κ3) is 5.60. The number of hydrogen-bond acceptors (Lipinski definition) is 3. The zero-order valence-electron chi connectivity index (χ0n) is 10.1. The lowest BCUT2D eigenvalue weighted by Crippen LogP contribution is -2.44. The maximum atomic E-state index is 5.25. The Hall–Kier alpha value is -0.800. The molecule has 1 rings (SSSR count). The number of rotatable bonds is 5. The van der Waals surface area contributed by atoms with Gasteiger partial charge in [0.1, 0.15) is 5.76 Å². The van der Waals surface area contributed by atoms with Crippen molar-refractivity contribution in [3.05, 3.63) is 24.2 Å². The lowest BCUT2D eigenvalue weighted by Gasteiger charge is -2.23. The molecule has 0 amide bonds. The van der Waals surface area contributed by atoms with E-state index in [1.165, 1.54) is 0 Å². The third-order valence-corrected chi connectivity index (χ3v) is 2.14. The predicted octanol–water partition coefficient (Wildman–Crippen LogP) is 2.15. The fraction of sp³-hybridized carbons (Fsp3) is 0.667. The Balaban J connectivity index is 2.16. The van der Waals surface area contributed by atoms with Crippen LogP contribution in [0.2, 0.25) is 0 Å². The molecular weight excluding hydrogens is 188 g/mol. The second kappa shape index (κ2) is 5.33. The Bertz CT molecular complexity index is 262. The summed E-state index contributed by atoms with van der Waals surface area (Å²) in [6.45, 7) is 10.4. The van der Waals surface area contributed by atoms with Crippen LogP contribution < -0.4 is 10.6 Å². The molecular formula is C12H22N2O. The van der Waals surface area contributed by atoms with Gasteiger partial charge in [0.15, 0.2) is 0 Å². The van der Waals surface area contributed by atoms with Crippen molar-refractivity contribution in [3.63, 3.8) is 0 Å². The lowest BCUT2D eigenvalue weighted by molar-refractivity contribution is 0.378. The molecule has 0 bridgehead atoms. The van der Waals surface area contributed by atoms with Crippen LogP contribution in [-0.2, 0) is 6.54 Å². The van der Waals surface area contributed by atoms with E-state index in [1.807, 2.05) is 12.1 Å². The first-order valence-electron chi connectivity index (χ1n) is 5.48. The van der Waals surface area contributed by atoms with Gasteiger partial charge in [-0.15, -0.1) is 0 Å². The van der Waals surface area contributed by atoms with Crippen molar-refractivity contribution >= 4 is 0 Å². The molecule has 2 N–H and O–H groups in total. The SMILES string of the molecule is CC(CNC(C)(C)C)NCc1ccco1. The molecule has 0 aliphatic heterocycles. The van der Waals surface area contributed by atoms with Gasteiger partial charge in [-0.3, -0.25) is 0 Å². The number of hydrogen-bond donors (Lipinski definition) is 2. The average molecular weight is 210 g/mol. The summed E-state index contributed by atoms with van der Waals surface area (Å²) in [6.07, 6.45) is 1.70. The molecule has 0 aromatic carbocycles. The molecule has 0 saturated carbocycles. The molecule has 15 heavy (non-hydrogen) atoms. The summed E-state index contributed by atoms with van der Waals surface area (Å²) in [7, 11) is 0. The molecule has 86 valence electrons. The van der Waals surface area contributed by atoms with Crippen molar-refractivity contribution < 1.29 is 4.42 Å². The normalized spacial score (nSPS) is 14.1. The molecule has 0 radical (unpaired) electrons. The Kier molecular flexibility index (Phi) is 4.36. The maximum absolute atomic E-state index is 5.25. The fourth-order valence-corrected chi connectivity index (χ4v) is 1.22. The van der Waals surface area contributed by atoms with Crippen LogP contribution in [-0.4, -0.2) is 18.1 Å². The summed E-state index contributed by atoms with van der Waals surface area (Å²) in [6, 6.07) is 4.33. The zero-order chi connectivity index (χ0) is 11.3. The molecule has 3 nitrogen and oxygen atoms in total. The second-order valence-corrected chi connectivity index (χ2v) is 4.99. The van der Waals surface area contributed by atoms with Crippen LogP contribution >= 0.6 is 0 Å². The van der Waals surface area contributed by atoms with Gasteiger partial charge < -0.3 is 15.1 Å². The summed E-state index contributed by atoms with van der Waals surface area (Å²) in [5.74, 6) is 0.984. The topological polar surface area (TPSA) is 37.2 Å². The molecule has 0 saturated heterocycles. The highest BCUT2D eigenvalue weighted by molar-refractivity contribution is 4.97. The van der Waals surface area contributed by atoms with E-state index in [4.69, 9.17) is 4.42 Å². The highest BCUT2D eigenvalue weighted by Crippen LogP contribution is 2.01. The van der Waals surface area contributed by atoms with Crippen LogP contribution in [0.3, 0.4) is 0 Å². The van der Waals surface area contributed by atoms with Gasteiger partial charge in [-0.05, 0) is 39.8 Å². The minimum absolute atomic E-state index is 0.181. The zero-order valence-corrected chi connectivity index (χ0v) is 10.1. The summed E-state index contributed by atoms with van der Waals surface area (Å²) >= 11 is 0. The monoisotopic (exact) mass is 210 g/mol. The molecule has 1 aromatic heterocycles. The number of nitrogens with one attached hydrogen (secondary N) is 2. The largest absolute Gasteiger partial charge is 0.468 e. The van der Waals surface area contributed by atoms with E-state index in [-0.39, 0.29) is 5.54 Å². The van der Waals surface area contributed by atoms with E-state index in [0.29, 0.717) is 6.04 Å². The Morgan fingerprint density at radius 2 is 2.13 bits per heavy atom. The van der Waals surface area contributed by atoms with Gasteiger partial charge in [-0.1, -0.05) is 0 Å². The van der Waals surface area contributed by atoms with Crippen LogP contribution in [0.5, 0.6) is 0 Å². The number of furan rings is 1. The van der Waals surface area contributed by atoms with E-state index in [0.717, 1.165) is 18.8 Å². The van der Waals surface area contributed by atoms with Gasteiger partial charge in [0, 0.05) is 18.1 Å². The smallest absolute Gasteiger partial charge is 0.117 e. The van der Waals surface area contributed by atoms with Crippen LogP contribution in [0.4, 0.5) is 0 Å². The van der Waals surface area contributed by atoms with E-state index in [9.17, 15) is 0 Å². The standard InChI is InChI=1S/C12H22N2O/c1-10(8-14-12(2,3)4)13-9-11-6-5-7-15-11/h5-7,10,13-14H,8-9H2,1-4H3. The van der Waals surface area contributed by atoms with Gasteiger partial charge in [-0.2, -0.15) is 0 Å². The quantitative estimate of drug-likeness (QED) is 0.782. The van der Waals surface area contributed by atoms with Crippen LogP contribution in [0, 0.1) is 0 Å². The molecule has 1 aromatic rings. The summed E-state index contributed by atoms with van der Waals surface area (Å²) < 4.78 is 5.25. The van der Waals surface area contributed by atoms with Crippen molar-refractivity contribution in [2.45, 2.75) is 45.8 Å². The first-order chi connectivity index (χ1) is 6.97. The first-order valence-corrected chi connectivity index (χ1v) is 5.48. The lowest BCUT2D eigenvalue weighted by atomic mass is 10.1. The van der Waals surface area contributed by atoms with Crippen molar-refractivity contribution in [1.82, 2.24) is 10.6 Å². The van der Waals surface area contributed by atoms with Crippen molar-refractivity contribution in [3.8, 4) is 0 Å². The van der Waals surface area contributed by atoms with Crippen molar-refractivity contribution in [1.29, 1.82) is 0 Å². The second-order valence-electron chi connectivity index (χ2n) is 4.99. The van der Waals surface area contributed by atoms with Crippen molar-refractivity contribution in [2.75, 3.05) is 6.54 Å². The minimum Gasteiger partial charge on any atom is -0.468 e. The molecule has 0 fully saturated rings. The van der Waals surface area contributed by atoms with Gasteiger partial charge >= 0.3 is 0 Å². The van der Waals surface area contributed by atoms with Crippen LogP contribution in [0.15, 0.2) is 22.8 Å². The highest BCUT2D eigenvalue weighted by Gasteiger charge is 2.10. The van der Waals surface area contributed by atoms with Gasteiger partial charge in [0.05, 0.1) is 12.8 Å². The summed E-state index contributed by atoms with van der Waals surface area (Å²) in [5.41, 5.74) is 0.181. The third-order valence-electron chi connectivity index (χ3n) is 2.14. The molecule has 0 aliphatic rings. The Morgan fingerprint density at radius 1 is 1.40 bits per heavy atom. The van der Waals surface area contributed by atoms with Crippen LogP contribution in [0.25, 0.3) is 0 Å². The maximum Gasteiger partial charge on any atom is 0.117 e. The Labute approximate surface area is 92.2 Å². The predicted molar refractivity (Wildman–Crippen MR) is 62.8 cm³/mol. The average Bonchev–Trinajstić information content (AvgIpc) is 2.62. The van der Waals surface area contributed by atoms with E-state index in [1.54, 1.807) is 6.26 Å². The fourth-order valence-electron chi connectivity index (χ4n) is 1.22. The van der Waals surface area contributed by atoms with Crippen molar-refractivity contribution in [2.24, 2.45) is 0 Å². The van der Waals surface area contributed by atoms with E-state index >= 15 is 0 Å². The van der Waals surface area contributed by atoms with E-state index < -0.39 is 0 Å². The molecule has 0 spiro atoms. The summed E-state index contributed by atoms with van der Waals surface area (Å²) in [5, 5.41) is 6.86. The minimum atomic E-state index is 0.181. The highest BCUT2D eigenvalue weighted by atomic mass is 16.3. The first kappa shape index (κ1) is 12.3. The van der Waals surface area contributed by atoms with Crippen LogP contribution in [0.1, 0.15) is 33.5 Å². The van der Waals surface area contributed by atoms with Gasteiger partial charge in [0.2, 0.25) is 0 Å². The summed E-state index contributed by atoms with van der Waals surface area (Å²) in [4.78, 5) is 0. The van der Waals surface area contributed by atoms with E-state index in [2.05, 4.69) is 38.3 Å². The van der Waals surface area contributed by atoms with Gasteiger partial charge in [0.25, 0.3) is 0 Å². The molecule has 1 heterocycles.